The average molecular weight is 277 g/mol. The molecule has 1 rings (SSSR count). The molecular formula is C13H15N3O2S. The first kappa shape index (κ1) is 14.9. The second-order valence-corrected chi connectivity index (χ2v) is 4.16. The number of ether oxygens (including phenoxy) is 1. The monoisotopic (exact) mass is 277 g/mol. The Hall–Kier alpha value is -2.13. The maximum atomic E-state index is 10.9. The largest absolute Gasteiger partial charge is 0.469 e. The highest BCUT2D eigenvalue weighted by atomic mass is 32.1. The molecule has 0 bridgehead atoms. The molecular weight excluding hydrogens is 262 g/mol. The lowest BCUT2D eigenvalue weighted by Crippen LogP contribution is -2.29. The number of benzene rings is 1. The number of hydrogen-bond acceptors (Lipinski definition) is 4. The Morgan fingerprint density at radius 2 is 2.32 bits per heavy atom. The number of nitrogens with zero attached hydrogens (tertiary/aromatic N) is 1. The summed E-state index contributed by atoms with van der Waals surface area (Å²) in [5.74, 6) is -0.234. The first-order chi connectivity index (χ1) is 9.15. The van der Waals surface area contributed by atoms with E-state index in [2.05, 4.69) is 21.4 Å². The van der Waals surface area contributed by atoms with Gasteiger partial charge in [0.25, 0.3) is 0 Å². The van der Waals surface area contributed by atoms with E-state index in [4.69, 9.17) is 17.5 Å². The Morgan fingerprint density at radius 3 is 3.00 bits per heavy atom. The van der Waals surface area contributed by atoms with Gasteiger partial charge in [0, 0.05) is 18.7 Å². The summed E-state index contributed by atoms with van der Waals surface area (Å²) in [5.41, 5.74) is 1.32. The van der Waals surface area contributed by atoms with Gasteiger partial charge < -0.3 is 15.4 Å². The van der Waals surface area contributed by atoms with Crippen LogP contribution >= 0.6 is 12.2 Å². The minimum absolute atomic E-state index is 0.234. The van der Waals surface area contributed by atoms with Crippen LogP contribution in [0.15, 0.2) is 24.3 Å². The van der Waals surface area contributed by atoms with Gasteiger partial charge in [-0.25, -0.2) is 0 Å². The van der Waals surface area contributed by atoms with Crippen LogP contribution in [0, 0.1) is 11.3 Å². The summed E-state index contributed by atoms with van der Waals surface area (Å²) in [6, 6.07) is 9.09. The van der Waals surface area contributed by atoms with Crippen LogP contribution in [0.3, 0.4) is 0 Å². The number of esters is 1. The Kier molecular flexibility index (Phi) is 6.33. The maximum Gasteiger partial charge on any atom is 0.305 e. The fourth-order valence-electron chi connectivity index (χ4n) is 1.38. The van der Waals surface area contributed by atoms with E-state index >= 15 is 0 Å². The van der Waals surface area contributed by atoms with Gasteiger partial charge in [-0.05, 0) is 36.8 Å². The van der Waals surface area contributed by atoms with Crippen molar-refractivity contribution in [1.29, 1.82) is 5.26 Å². The van der Waals surface area contributed by atoms with Crippen LogP contribution in [0.25, 0.3) is 0 Å². The van der Waals surface area contributed by atoms with E-state index in [9.17, 15) is 4.79 Å². The Labute approximate surface area is 117 Å². The minimum Gasteiger partial charge on any atom is -0.469 e. The van der Waals surface area contributed by atoms with Crippen LogP contribution in [0.4, 0.5) is 5.69 Å². The topological polar surface area (TPSA) is 74.2 Å². The highest BCUT2D eigenvalue weighted by Crippen LogP contribution is 2.09. The van der Waals surface area contributed by atoms with Crippen LogP contribution in [0.5, 0.6) is 0 Å². The Bertz CT molecular complexity index is 497. The third kappa shape index (κ3) is 5.84. The summed E-state index contributed by atoms with van der Waals surface area (Å²) < 4.78 is 4.53. The maximum absolute atomic E-state index is 10.9. The van der Waals surface area contributed by atoms with E-state index in [1.807, 2.05) is 6.07 Å². The van der Waals surface area contributed by atoms with Crippen LogP contribution in [-0.2, 0) is 9.53 Å². The number of carbonyl (C=O) groups excluding carboxylic acids is 1. The third-order valence-corrected chi connectivity index (χ3v) is 2.57. The van der Waals surface area contributed by atoms with E-state index < -0.39 is 0 Å². The molecule has 2 N–H and O–H groups in total. The number of carbonyl (C=O) groups is 1. The summed E-state index contributed by atoms with van der Waals surface area (Å²) >= 11 is 5.10. The van der Waals surface area contributed by atoms with Gasteiger partial charge in [-0.2, -0.15) is 5.26 Å². The van der Waals surface area contributed by atoms with Crippen molar-refractivity contribution in [2.45, 2.75) is 12.8 Å². The Balaban J connectivity index is 2.31. The predicted octanol–water partition coefficient (Wildman–Crippen LogP) is 1.80. The second kappa shape index (κ2) is 8.06. The predicted molar refractivity (Wildman–Crippen MR) is 76.6 cm³/mol. The fourth-order valence-corrected chi connectivity index (χ4v) is 1.60. The van der Waals surface area contributed by atoms with E-state index in [1.54, 1.807) is 18.2 Å². The van der Waals surface area contributed by atoms with Gasteiger partial charge in [0.15, 0.2) is 5.11 Å². The molecule has 0 spiro atoms. The molecule has 0 unspecified atom stereocenters. The molecule has 0 aliphatic rings. The van der Waals surface area contributed by atoms with Crippen molar-refractivity contribution in [3.8, 4) is 6.07 Å². The van der Waals surface area contributed by atoms with Crippen molar-refractivity contribution in [3.05, 3.63) is 29.8 Å². The first-order valence-corrected chi connectivity index (χ1v) is 6.18. The molecule has 0 heterocycles. The van der Waals surface area contributed by atoms with Gasteiger partial charge in [0.2, 0.25) is 0 Å². The zero-order valence-electron chi connectivity index (χ0n) is 10.6. The molecule has 0 aromatic heterocycles. The van der Waals surface area contributed by atoms with E-state index in [1.165, 1.54) is 7.11 Å². The van der Waals surface area contributed by atoms with E-state index in [0.29, 0.717) is 30.1 Å². The summed E-state index contributed by atoms with van der Waals surface area (Å²) in [4.78, 5) is 10.9. The molecule has 19 heavy (non-hydrogen) atoms. The SMILES string of the molecule is COC(=O)CCCNC(=S)Nc1cccc(C#N)c1. The first-order valence-electron chi connectivity index (χ1n) is 5.77. The van der Waals surface area contributed by atoms with Gasteiger partial charge in [-0.3, -0.25) is 4.79 Å². The number of thiocarbonyl (C=S) groups is 1. The Morgan fingerprint density at radius 1 is 1.53 bits per heavy atom. The summed E-state index contributed by atoms with van der Waals surface area (Å²) in [5, 5.41) is 15.2. The molecule has 0 amide bonds. The molecule has 0 aliphatic heterocycles. The van der Waals surface area contributed by atoms with Gasteiger partial charge in [0.1, 0.15) is 0 Å². The zero-order valence-corrected chi connectivity index (χ0v) is 11.4. The second-order valence-electron chi connectivity index (χ2n) is 3.75. The van der Waals surface area contributed by atoms with E-state index in [-0.39, 0.29) is 5.97 Å². The van der Waals surface area contributed by atoms with Gasteiger partial charge in [-0.1, -0.05) is 6.07 Å². The summed E-state index contributed by atoms with van der Waals surface area (Å²) in [7, 11) is 1.37. The van der Waals surface area contributed by atoms with Crippen molar-refractivity contribution >= 4 is 29.0 Å². The normalized spacial score (nSPS) is 9.26. The smallest absolute Gasteiger partial charge is 0.305 e. The quantitative estimate of drug-likeness (QED) is 0.485. The molecule has 0 fully saturated rings. The minimum atomic E-state index is -0.234. The molecule has 1 aromatic carbocycles. The number of hydrogen-bond donors (Lipinski definition) is 2. The standard InChI is InChI=1S/C13H15N3O2S/c1-18-12(17)6-3-7-15-13(19)16-11-5-2-4-10(8-11)9-14/h2,4-5,8H,3,6-7H2,1H3,(H2,15,16,19). The molecule has 0 aliphatic carbocycles. The van der Waals surface area contributed by atoms with Crippen molar-refractivity contribution in [2.24, 2.45) is 0 Å². The third-order valence-electron chi connectivity index (χ3n) is 2.32. The van der Waals surface area contributed by atoms with E-state index in [0.717, 1.165) is 5.69 Å². The van der Waals surface area contributed by atoms with Crippen molar-refractivity contribution in [1.82, 2.24) is 5.32 Å². The molecule has 0 radical (unpaired) electrons. The number of methoxy groups -OCH3 is 1. The zero-order chi connectivity index (χ0) is 14.1. The summed E-state index contributed by atoms with van der Waals surface area (Å²) in [6.07, 6.45) is 1.00. The molecule has 100 valence electrons. The van der Waals surface area contributed by atoms with Crippen LogP contribution in [0.2, 0.25) is 0 Å². The van der Waals surface area contributed by atoms with Gasteiger partial charge in [-0.15, -0.1) is 0 Å². The number of nitrogens with one attached hydrogen (secondary N) is 2. The molecule has 6 heteroatoms. The van der Waals surface area contributed by atoms with Gasteiger partial charge in [0.05, 0.1) is 18.7 Å². The van der Waals surface area contributed by atoms with Crippen molar-refractivity contribution < 1.29 is 9.53 Å². The van der Waals surface area contributed by atoms with Crippen LogP contribution in [0.1, 0.15) is 18.4 Å². The van der Waals surface area contributed by atoms with Gasteiger partial charge >= 0.3 is 5.97 Å². The van der Waals surface area contributed by atoms with Crippen LogP contribution < -0.4 is 10.6 Å². The number of nitriles is 1. The molecule has 1 aromatic rings. The molecule has 0 saturated carbocycles. The summed E-state index contributed by atoms with van der Waals surface area (Å²) in [6.45, 7) is 0.582. The lowest BCUT2D eigenvalue weighted by atomic mass is 10.2. The van der Waals surface area contributed by atoms with Crippen molar-refractivity contribution in [2.75, 3.05) is 19.0 Å². The molecule has 5 nitrogen and oxygen atoms in total. The highest BCUT2D eigenvalue weighted by Gasteiger charge is 2.01. The fraction of sp³-hybridized carbons (Fsp3) is 0.308. The lowest BCUT2D eigenvalue weighted by molar-refractivity contribution is -0.140. The van der Waals surface area contributed by atoms with Crippen LogP contribution in [-0.4, -0.2) is 24.7 Å². The average Bonchev–Trinajstić information content (AvgIpc) is 2.43. The molecule has 0 saturated heterocycles. The number of rotatable bonds is 5. The highest BCUT2D eigenvalue weighted by molar-refractivity contribution is 7.80. The number of anilines is 1. The molecule has 0 atom stereocenters. The lowest BCUT2D eigenvalue weighted by Gasteiger charge is -2.10. The van der Waals surface area contributed by atoms with Crippen molar-refractivity contribution in [3.63, 3.8) is 0 Å².